The lowest BCUT2D eigenvalue weighted by Gasteiger charge is -2.06. The van der Waals surface area contributed by atoms with Crippen LogP contribution in [0.1, 0.15) is 5.56 Å². The third kappa shape index (κ3) is 2.42. The van der Waals surface area contributed by atoms with Gasteiger partial charge in [-0.1, -0.05) is 0 Å². The fraction of sp³-hybridized carbons (Fsp3) is 0.222. The van der Waals surface area contributed by atoms with E-state index in [1.807, 2.05) is 0 Å². The van der Waals surface area contributed by atoms with Gasteiger partial charge in [0.2, 0.25) is 0 Å². The number of carbonyl (C=O) groups is 1. The van der Waals surface area contributed by atoms with Crippen LogP contribution in [0, 0.1) is 18.6 Å². The molecule has 5 heteroatoms. The largest absolute Gasteiger partial charge is 0.479 e. The number of rotatable bonds is 3. The molecular weight excluding hydrogens is 194 g/mol. The molecule has 0 heterocycles. The van der Waals surface area contributed by atoms with Crippen molar-refractivity contribution in [1.82, 2.24) is 0 Å². The van der Waals surface area contributed by atoms with Gasteiger partial charge in [-0.05, 0) is 24.6 Å². The minimum absolute atomic E-state index is 0.405. The maximum atomic E-state index is 13.0. The van der Waals surface area contributed by atoms with Crippen LogP contribution in [0.3, 0.4) is 0 Å². The molecule has 1 aromatic carbocycles. The van der Waals surface area contributed by atoms with Crippen molar-refractivity contribution in [2.24, 2.45) is 0 Å². The van der Waals surface area contributed by atoms with Crippen LogP contribution >= 0.6 is 0 Å². The first-order chi connectivity index (χ1) is 6.50. The molecule has 14 heavy (non-hydrogen) atoms. The van der Waals surface area contributed by atoms with Crippen LogP contribution in [0.5, 0.6) is 5.75 Å². The van der Waals surface area contributed by atoms with Crippen molar-refractivity contribution in [3.8, 4) is 5.75 Å². The Kier molecular flexibility index (Phi) is 3.01. The van der Waals surface area contributed by atoms with E-state index in [1.165, 1.54) is 6.92 Å². The molecule has 0 unspecified atom stereocenters. The molecule has 1 aromatic rings. The van der Waals surface area contributed by atoms with Crippen LogP contribution in [0.4, 0.5) is 8.78 Å². The Morgan fingerprint density at radius 3 is 2.36 bits per heavy atom. The topological polar surface area (TPSA) is 46.5 Å². The molecule has 0 aromatic heterocycles. The fourth-order valence-electron chi connectivity index (χ4n) is 0.958. The van der Waals surface area contributed by atoms with E-state index in [-0.39, 0.29) is 0 Å². The predicted molar refractivity (Wildman–Crippen MR) is 44.2 cm³/mol. The number of aryl methyl sites for hydroxylation is 1. The summed E-state index contributed by atoms with van der Waals surface area (Å²) in [6, 6.07) is 2.14. The second kappa shape index (κ2) is 4.04. The Bertz CT molecular complexity index is 340. The number of halogens is 2. The molecule has 0 radical (unpaired) electrons. The SMILES string of the molecule is Cc1cc(F)c(OCC(=O)O)c(F)c1. The summed E-state index contributed by atoms with van der Waals surface area (Å²) in [5, 5.41) is 8.24. The lowest BCUT2D eigenvalue weighted by molar-refractivity contribution is -0.139. The van der Waals surface area contributed by atoms with Crippen molar-refractivity contribution >= 4 is 5.97 Å². The molecule has 1 rings (SSSR count). The van der Waals surface area contributed by atoms with Crippen molar-refractivity contribution in [2.75, 3.05) is 6.61 Å². The van der Waals surface area contributed by atoms with Gasteiger partial charge >= 0.3 is 5.97 Å². The molecule has 0 saturated heterocycles. The van der Waals surface area contributed by atoms with E-state index in [0.29, 0.717) is 5.56 Å². The highest BCUT2D eigenvalue weighted by molar-refractivity contribution is 5.68. The van der Waals surface area contributed by atoms with Gasteiger partial charge in [-0.2, -0.15) is 0 Å². The Morgan fingerprint density at radius 1 is 1.43 bits per heavy atom. The van der Waals surface area contributed by atoms with Gasteiger partial charge in [0, 0.05) is 0 Å². The van der Waals surface area contributed by atoms with Crippen LogP contribution in [0.15, 0.2) is 12.1 Å². The Morgan fingerprint density at radius 2 is 1.93 bits per heavy atom. The predicted octanol–water partition coefficient (Wildman–Crippen LogP) is 1.74. The molecule has 0 saturated carbocycles. The number of ether oxygens (including phenoxy) is 1. The van der Waals surface area contributed by atoms with Gasteiger partial charge in [0.1, 0.15) is 0 Å². The summed E-state index contributed by atoms with van der Waals surface area (Å²) in [6.07, 6.45) is 0. The van der Waals surface area contributed by atoms with Crippen molar-refractivity contribution < 1.29 is 23.4 Å². The molecule has 0 bridgehead atoms. The highest BCUT2D eigenvalue weighted by Crippen LogP contribution is 2.22. The number of benzene rings is 1. The minimum Gasteiger partial charge on any atom is -0.479 e. The number of carboxylic acids is 1. The maximum absolute atomic E-state index is 13.0. The van der Waals surface area contributed by atoms with Crippen LogP contribution in [-0.2, 0) is 4.79 Å². The molecule has 76 valence electrons. The normalized spacial score (nSPS) is 9.93. The second-order valence-corrected chi connectivity index (χ2v) is 2.74. The Balaban J connectivity index is 2.91. The molecule has 0 fully saturated rings. The zero-order valence-corrected chi connectivity index (χ0v) is 7.38. The van der Waals surface area contributed by atoms with Gasteiger partial charge in [0.15, 0.2) is 24.0 Å². The minimum atomic E-state index is -1.29. The summed E-state index contributed by atoms with van der Waals surface area (Å²) in [7, 11) is 0. The average molecular weight is 202 g/mol. The number of hydrogen-bond acceptors (Lipinski definition) is 2. The molecular formula is C9H8F2O3. The Labute approximate surface area is 78.9 Å². The third-order valence-corrected chi connectivity index (χ3v) is 1.48. The molecule has 0 amide bonds. The van der Waals surface area contributed by atoms with Crippen molar-refractivity contribution in [2.45, 2.75) is 6.92 Å². The lowest BCUT2D eigenvalue weighted by Crippen LogP contribution is -2.11. The highest BCUT2D eigenvalue weighted by Gasteiger charge is 2.12. The standard InChI is InChI=1S/C9H8F2O3/c1-5-2-6(10)9(7(11)3-5)14-4-8(12)13/h2-3H,4H2,1H3,(H,12,13). The third-order valence-electron chi connectivity index (χ3n) is 1.48. The zero-order valence-electron chi connectivity index (χ0n) is 7.38. The van der Waals surface area contributed by atoms with E-state index >= 15 is 0 Å². The van der Waals surface area contributed by atoms with E-state index in [9.17, 15) is 13.6 Å². The van der Waals surface area contributed by atoms with Gasteiger partial charge < -0.3 is 9.84 Å². The lowest BCUT2D eigenvalue weighted by atomic mass is 10.2. The maximum Gasteiger partial charge on any atom is 0.341 e. The smallest absolute Gasteiger partial charge is 0.341 e. The quantitative estimate of drug-likeness (QED) is 0.811. The molecule has 0 atom stereocenters. The summed E-state index contributed by atoms with van der Waals surface area (Å²) >= 11 is 0. The van der Waals surface area contributed by atoms with Crippen molar-refractivity contribution in [3.63, 3.8) is 0 Å². The summed E-state index contributed by atoms with van der Waals surface area (Å²) in [5.74, 6) is -3.74. The first kappa shape index (κ1) is 10.4. The van der Waals surface area contributed by atoms with E-state index in [2.05, 4.69) is 4.74 Å². The van der Waals surface area contributed by atoms with Crippen LogP contribution in [0.2, 0.25) is 0 Å². The fourth-order valence-corrected chi connectivity index (χ4v) is 0.958. The molecule has 3 nitrogen and oxygen atoms in total. The zero-order chi connectivity index (χ0) is 10.7. The number of carboxylic acid groups (broad SMARTS) is 1. The van der Waals surface area contributed by atoms with E-state index < -0.39 is 30.0 Å². The number of aliphatic carboxylic acids is 1. The van der Waals surface area contributed by atoms with Crippen molar-refractivity contribution in [1.29, 1.82) is 0 Å². The van der Waals surface area contributed by atoms with E-state index in [1.54, 1.807) is 0 Å². The van der Waals surface area contributed by atoms with Gasteiger partial charge in [-0.15, -0.1) is 0 Å². The monoisotopic (exact) mass is 202 g/mol. The molecule has 0 spiro atoms. The molecule has 0 aliphatic rings. The Hall–Kier alpha value is -1.65. The van der Waals surface area contributed by atoms with E-state index in [4.69, 9.17) is 5.11 Å². The van der Waals surface area contributed by atoms with Gasteiger partial charge in [0.25, 0.3) is 0 Å². The van der Waals surface area contributed by atoms with E-state index in [0.717, 1.165) is 12.1 Å². The first-order valence-corrected chi connectivity index (χ1v) is 3.81. The molecule has 0 aliphatic heterocycles. The van der Waals surface area contributed by atoms with Gasteiger partial charge in [0.05, 0.1) is 0 Å². The summed E-state index contributed by atoms with van der Waals surface area (Å²) < 4.78 is 30.4. The summed E-state index contributed by atoms with van der Waals surface area (Å²) in [5.41, 5.74) is 0.405. The number of hydrogen-bond donors (Lipinski definition) is 1. The van der Waals surface area contributed by atoms with Crippen molar-refractivity contribution in [3.05, 3.63) is 29.3 Å². The summed E-state index contributed by atoms with van der Waals surface area (Å²) in [6.45, 7) is 0.754. The molecule has 0 aliphatic carbocycles. The second-order valence-electron chi connectivity index (χ2n) is 2.74. The van der Waals surface area contributed by atoms with Gasteiger partial charge in [-0.25, -0.2) is 13.6 Å². The highest BCUT2D eigenvalue weighted by atomic mass is 19.1. The van der Waals surface area contributed by atoms with Gasteiger partial charge in [-0.3, -0.25) is 0 Å². The average Bonchev–Trinajstić information content (AvgIpc) is 2.01. The first-order valence-electron chi connectivity index (χ1n) is 3.81. The summed E-state index contributed by atoms with van der Waals surface area (Å²) in [4.78, 5) is 10.1. The van der Waals surface area contributed by atoms with Crippen LogP contribution in [-0.4, -0.2) is 17.7 Å². The van der Waals surface area contributed by atoms with Crippen LogP contribution < -0.4 is 4.74 Å². The molecule has 1 N–H and O–H groups in total. The van der Waals surface area contributed by atoms with Crippen LogP contribution in [0.25, 0.3) is 0 Å².